The fourth-order valence-electron chi connectivity index (χ4n) is 3.08. The summed E-state index contributed by atoms with van der Waals surface area (Å²) in [5.41, 5.74) is 2.05. The maximum Gasteiger partial charge on any atom is 0.163 e. The quantitative estimate of drug-likeness (QED) is 0.782. The minimum Gasteiger partial charge on any atom is -0.354 e. The van der Waals surface area contributed by atoms with Crippen molar-refractivity contribution in [2.24, 2.45) is 0 Å². The fraction of sp³-hybridized carbons (Fsp3) is 0.238. The van der Waals surface area contributed by atoms with E-state index in [9.17, 15) is 0 Å². The SMILES string of the molecule is CN1CCN(c2cc(Nc3ccccc3)nc(-c3ccccc3)n2)CC1. The molecule has 26 heavy (non-hydrogen) atoms. The summed E-state index contributed by atoms with van der Waals surface area (Å²) >= 11 is 0. The molecule has 3 aromatic rings. The second-order valence-corrected chi connectivity index (χ2v) is 6.58. The molecule has 4 rings (SSSR count). The van der Waals surface area contributed by atoms with E-state index < -0.39 is 0 Å². The van der Waals surface area contributed by atoms with E-state index in [1.165, 1.54) is 0 Å². The standard InChI is InChI=1S/C21H23N5/c1-25-12-14-26(15-13-25)20-16-19(22-18-10-6-3-7-11-18)23-21(24-20)17-8-4-2-5-9-17/h2-11,16H,12-15H2,1H3,(H,22,23,24). The van der Waals surface area contributed by atoms with Gasteiger partial charge in [0.2, 0.25) is 0 Å². The van der Waals surface area contributed by atoms with E-state index >= 15 is 0 Å². The molecule has 1 fully saturated rings. The predicted octanol–water partition coefficient (Wildman–Crippen LogP) is 3.64. The topological polar surface area (TPSA) is 44.3 Å². The third-order valence-electron chi connectivity index (χ3n) is 4.62. The van der Waals surface area contributed by atoms with Crippen LogP contribution in [0.3, 0.4) is 0 Å². The third kappa shape index (κ3) is 3.83. The molecule has 1 aliphatic heterocycles. The van der Waals surface area contributed by atoms with E-state index in [-0.39, 0.29) is 0 Å². The second-order valence-electron chi connectivity index (χ2n) is 6.58. The molecule has 1 N–H and O–H groups in total. The minimum atomic E-state index is 0.750. The lowest BCUT2D eigenvalue weighted by molar-refractivity contribution is 0.312. The van der Waals surface area contributed by atoms with Gasteiger partial charge in [-0.05, 0) is 19.2 Å². The van der Waals surface area contributed by atoms with Crippen molar-refractivity contribution in [2.45, 2.75) is 0 Å². The van der Waals surface area contributed by atoms with Crippen LogP contribution in [0.1, 0.15) is 0 Å². The van der Waals surface area contributed by atoms with Gasteiger partial charge in [-0.15, -0.1) is 0 Å². The molecule has 5 heteroatoms. The molecular formula is C21H23N5. The molecule has 0 amide bonds. The van der Waals surface area contributed by atoms with Crippen LogP contribution in [0.4, 0.5) is 17.3 Å². The van der Waals surface area contributed by atoms with E-state index in [4.69, 9.17) is 9.97 Å². The van der Waals surface area contributed by atoms with Crippen LogP contribution in [-0.4, -0.2) is 48.1 Å². The Kier molecular flexibility index (Phi) is 4.80. The number of para-hydroxylation sites is 1. The molecule has 0 atom stereocenters. The van der Waals surface area contributed by atoms with E-state index in [1.807, 2.05) is 54.6 Å². The lowest BCUT2D eigenvalue weighted by atomic mass is 10.2. The summed E-state index contributed by atoms with van der Waals surface area (Å²) in [5.74, 6) is 2.55. The van der Waals surface area contributed by atoms with Crippen LogP contribution in [-0.2, 0) is 0 Å². The molecule has 0 bridgehead atoms. The van der Waals surface area contributed by atoms with Crippen LogP contribution in [0.5, 0.6) is 0 Å². The van der Waals surface area contributed by atoms with E-state index in [1.54, 1.807) is 0 Å². The Labute approximate surface area is 154 Å². The highest BCUT2D eigenvalue weighted by Crippen LogP contribution is 2.25. The lowest BCUT2D eigenvalue weighted by Gasteiger charge is -2.33. The van der Waals surface area contributed by atoms with Crippen LogP contribution < -0.4 is 10.2 Å². The number of piperazine rings is 1. The number of nitrogens with zero attached hydrogens (tertiary/aromatic N) is 4. The normalized spacial score (nSPS) is 15.0. The van der Waals surface area contributed by atoms with Crippen molar-refractivity contribution >= 4 is 17.3 Å². The first kappa shape index (κ1) is 16.5. The van der Waals surface area contributed by atoms with Crippen molar-refractivity contribution in [1.29, 1.82) is 0 Å². The highest BCUT2D eigenvalue weighted by Gasteiger charge is 2.17. The van der Waals surface area contributed by atoms with E-state index in [0.717, 1.165) is 54.9 Å². The average Bonchev–Trinajstić information content (AvgIpc) is 2.70. The van der Waals surface area contributed by atoms with Crippen molar-refractivity contribution in [3.05, 3.63) is 66.7 Å². The van der Waals surface area contributed by atoms with Gasteiger partial charge >= 0.3 is 0 Å². The number of likely N-dealkylation sites (N-methyl/N-ethyl adjacent to an activating group) is 1. The van der Waals surface area contributed by atoms with Gasteiger partial charge in [0.15, 0.2) is 5.82 Å². The lowest BCUT2D eigenvalue weighted by Crippen LogP contribution is -2.44. The maximum atomic E-state index is 4.85. The number of hydrogen-bond acceptors (Lipinski definition) is 5. The van der Waals surface area contributed by atoms with Gasteiger partial charge in [0.05, 0.1) is 0 Å². The van der Waals surface area contributed by atoms with Gasteiger partial charge in [-0.25, -0.2) is 9.97 Å². The molecular weight excluding hydrogens is 322 g/mol. The predicted molar refractivity (Wildman–Crippen MR) is 107 cm³/mol. The molecule has 2 aromatic carbocycles. The first-order valence-electron chi connectivity index (χ1n) is 8.98. The summed E-state index contributed by atoms with van der Waals surface area (Å²) in [4.78, 5) is 14.3. The molecule has 1 aromatic heterocycles. The molecule has 0 unspecified atom stereocenters. The zero-order valence-corrected chi connectivity index (χ0v) is 15.0. The van der Waals surface area contributed by atoms with E-state index in [2.05, 4.69) is 34.3 Å². The first-order valence-corrected chi connectivity index (χ1v) is 8.98. The fourth-order valence-corrected chi connectivity index (χ4v) is 3.08. The van der Waals surface area contributed by atoms with Crippen LogP contribution in [0, 0.1) is 0 Å². The largest absolute Gasteiger partial charge is 0.354 e. The van der Waals surface area contributed by atoms with Crippen LogP contribution in [0.25, 0.3) is 11.4 Å². The highest BCUT2D eigenvalue weighted by molar-refractivity contribution is 5.65. The number of benzene rings is 2. The second kappa shape index (κ2) is 7.54. The summed E-state index contributed by atoms with van der Waals surface area (Å²) in [6, 6.07) is 22.3. The summed E-state index contributed by atoms with van der Waals surface area (Å²) in [5, 5.41) is 3.41. The van der Waals surface area contributed by atoms with Gasteiger partial charge in [-0.1, -0.05) is 48.5 Å². The minimum absolute atomic E-state index is 0.750. The van der Waals surface area contributed by atoms with Crippen LogP contribution in [0.15, 0.2) is 66.7 Å². The van der Waals surface area contributed by atoms with Crippen molar-refractivity contribution < 1.29 is 0 Å². The van der Waals surface area contributed by atoms with Crippen molar-refractivity contribution in [3.8, 4) is 11.4 Å². The highest BCUT2D eigenvalue weighted by atomic mass is 15.3. The molecule has 0 radical (unpaired) electrons. The van der Waals surface area contributed by atoms with Gasteiger partial charge in [0, 0.05) is 43.5 Å². The summed E-state index contributed by atoms with van der Waals surface area (Å²) < 4.78 is 0. The molecule has 1 saturated heterocycles. The maximum absolute atomic E-state index is 4.85. The summed E-state index contributed by atoms with van der Waals surface area (Å²) in [6.07, 6.45) is 0. The Morgan fingerprint density at radius 2 is 1.46 bits per heavy atom. The summed E-state index contributed by atoms with van der Waals surface area (Å²) in [6.45, 7) is 4.05. The average molecular weight is 345 g/mol. The Hall–Kier alpha value is -2.92. The Balaban J connectivity index is 1.69. The smallest absolute Gasteiger partial charge is 0.163 e. The third-order valence-corrected chi connectivity index (χ3v) is 4.62. The van der Waals surface area contributed by atoms with Crippen molar-refractivity contribution in [2.75, 3.05) is 43.4 Å². The number of hydrogen-bond donors (Lipinski definition) is 1. The molecule has 0 aliphatic carbocycles. The molecule has 1 aliphatic rings. The monoisotopic (exact) mass is 345 g/mol. The van der Waals surface area contributed by atoms with Gasteiger partial charge in [-0.3, -0.25) is 0 Å². The first-order chi connectivity index (χ1) is 12.8. The number of nitrogens with one attached hydrogen (secondary N) is 1. The number of aromatic nitrogens is 2. The van der Waals surface area contributed by atoms with E-state index in [0.29, 0.717) is 0 Å². The van der Waals surface area contributed by atoms with Crippen molar-refractivity contribution in [1.82, 2.24) is 14.9 Å². The molecule has 2 heterocycles. The number of rotatable bonds is 4. The molecule has 0 spiro atoms. The Morgan fingerprint density at radius 3 is 2.15 bits per heavy atom. The molecule has 0 saturated carbocycles. The van der Waals surface area contributed by atoms with Gasteiger partial charge in [-0.2, -0.15) is 0 Å². The molecule has 132 valence electrons. The van der Waals surface area contributed by atoms with Crippen LogP contribution >= 0.6 is 0 Å². The summed E-state index contributed by atoms with van der Waals surface area (Å²) in [7, 11) is 2.16. The zero-order valence-electron chi connectivity index (χ0n) is 15.0. The van der Waals surface area contributed by atoms with Gasteiger partial charge in [0.25, 0.3) is 0 Å². The molecule has 5 nitrogen and oxygen atoms in total. The Bertz CT molecular complexity index is 843. The van der Waals surface area contributed by atoms with Crippen LogP contribution in [0.2, 0.25) is 0 Å². The van der Waals surface area contributed by atoms with Crippen molar-refractivity contribution in [3.63, 3.8) is 0 Å². The number of anilines is 3. The zero-order chi connectivity index (χ0) is 17.8. The van der Waals surface area contributed by atoms with Gasteiger partial charge < -0.3 is 15.1 Å². The van der Waals surface area contributed by atoms with Gasteiger partial charge in [0.1, 0.15) is 11.6 Å². The Morgan fingerprint density at radius 1 is 0.808 bits per heavy atom.